The van der Waals surface area contributed by atoms with Crippen molar-refractivity contribution in [1.82, 2.24) is 9.78 Å². The van der Waals surface area contributed by atoms with Gasteiger partial charge in [-0.05, 0) is 13.8 Å². The number of rotatable bonds is 6. The minimum atomic E-state index is -4.33. The van der Waals surface area contributed by atoms with E-state index in [0.717, 1.165) is 5.69 Å². The van der Waals surface area contributed by atoms with E-state index in [2.05, 4.69) is 9.84 Å². The van der Waals surface area contributed by atoms with Gasteiger partial charge in [-0.3, -0.25) is 4.68 Å². The monoisotopic (exact) mass is 299 g/mol. The Morgan fingerprint density at radius 2 is 2.11 bits per heavy atom. The lowest BCUT2D eigenvalue weighted by Gasteiger charge is -2.14. The SMILES string of the molecule is CCn1nc(C)c(Cl)c1CC(N)COCC(F)(F)F. The highest BCUT2D eigenvalue weighted by Crippen LogP contribution is 2.21. The van der Waals surface area contributed by atoms with Crippen LogP contribution in [0.25, 0.3) is 0 Å². The first-order valence-corrected chi connectivity index (χ1v) is 6.24. The van der Waals surface area contributed by atoms with E-state index < -0.39 is 18.8 Å². The Morgan fingerprint density at radius 3 is 2.63 bits per heavy atom. The second-order valence-corrected chi connectivity index (χ2v) is 4.63. The van der Waals surface area contributed by atoms with E-state index in [1.54, 1.807) is 11.6 Å². The molecule has 4 nitrogen and oxygen atoms in total. The largest absolute Gasteiger partial charge is 0.411 e. The van der Waals surface area contributed by atoms with Gasteiger partial charge >= 0.3 is 6.18 Å². The molecule has 0 bridgehead atoms. The molecule has 8 heteroatoms. The molecule has 1 rings (SSSR count). The summed E-state index contributed by atoms with van der Waals surface area (Å²) in [5, 5.41) is 4.72. The first-order chi connectivity index (χ1) is 8.74. The first kappa shape index (κ1) is 16.3. The summed E-state index contributed by atoms with van der Waals surface area (Å²) in [5.74, 6) is 0. The minimum Gasteiger partial charge on any atom is -0.370 e. The van der Waals surface area contributed by atoms with Crippen molar-refractivity contribution < 1.29 is 17.9 Å². The smallest absolute Gasteiger partial charge is 0.370 e. The number of hydrogen-bond acceptors (Lipinski definition) is 3. The van der Waals surface area contributed by atoms with Crippen LogP contribution in [0.2, 0.25) is 5.02 Å². The van der Waals surface area contributed by atoms with Crippen molar-refractivity contribution in [3.8, 4) is 0 Å². The second-order valence-electron chi connectivity index (χ2n) is 4.26. The second kappa shape index (κ2) is 6.58. The van der Waals surface area contributed by atoms with Crippen LogP contribution < -0.4 is 5.73 Å². The summed E-state index contributed by atoms with van der Waals surface area (Å²) in [6.45, 7) is 2.82. The van der Waals surface area contributed by atoms with Gasteiger partial charge in [0.25, 0.3) is 0 Å². The zero-order valence-electron chi connectivity index (χ0n) is 10.8. The Balaban J connectivity index is 2.55. The number of alkyl halides is 3. The number of ether oxygens (including phenoxy) is 1. The molecular weight excluding hydrogens is 283 g/mol. The summed E-state index contributed by atoms with van der Waals surface area (Å²) in [7, 11) is 0. The van der Waals surface area contributed by atoms with Crippen LogP contribution in [-0.4, -0.2) is 35.2 Å². The van der Waals surface area contributed by atoms with Crippen LogP contribution in [-0.2, 0) is 17.7 Å². The summed E-state index contributed by atoms with van der Waals surface area (Å²) in [6, 6.07) is -0.554. The van der Waals surface area contributed by atoms with Crippen molar-refractivity contribution in [1.29, 1.82) is 0 Å². The molecule has 0 aliphatic rings. The molecule has 0 aromatic carbocycles. The molecule has 0 saturated heterocycles. The third-order valence-corrected chi connectivity index (χ3v) is 3.00. The molecule has 0 fully saturated rings. The predicted octanol–water partition coefficient (Wildman–Crippen LogP) is 2.31. The standard InChI is InChI=1S/C11H17ClF3N3O/c1-3-18-9(10(12)7(2)17-18)4-8(16)5-19-6-11(13,14)15/h8H,3-6,16H2,1-2H3. The molecule has 19 heavy (non-hydrogen) atoms. The molecule has 1 aromatic rings. The summed E-state index contributed by atoms with van der Waals surface area (Å²) in [5.41, 5.74) is 7.15. The Labute approximate surface area is 114 Å². The van der Waals surface area contributed by atoms with Crippen LogP contribution >= 0.6 is 11.6 Å². The number of aromatic nitrogens is 2. The van der Waals surface area contributed by atoms with Gasteiger partial charge in [0.15, 0.2) is 0 Å². The fraction of sp³-hybridized carbons (Fsp3) is 0.727. The zero-order valence-corrected chi connectivity index (χ0v) is 11.6. The Bertz CT molecular complexity index is 420. The van der Waals surface area contributed by atoms with Crippen molar-refractivity contribution in [2.45, 2.75) is 39.0 Å². The van der Waals surface area contributed by atoms with Gasteiger partial charge in [0.1, 0.15) is 6.61 Å². The van der Waals surface area contributed by atoms with Gasteiger partial charge in [0, 0.05) is 19.0 Å². The third kappa shape index (κ3) is 5.00. The van der Waals surface area contributed by atoms with Crippen LogP contribution in [0, 0.1) is 6.92 Å². The van der Waals surface area contributed by atoms with Crippen molar-refractivity contribution in [2.75, 3.05) is 13.2 Å². The minimum absolute atomic E-state index is 0.177. The van der Waals surface area contributed by atoms with Gasteiger partial charge in [-0.15, -0.1) is 0 Å². The van der Waals surface area contributed by atoms with Gasteiger partial charge in [0.05, 0.1) is 23.0 Å². The molecule has 0 spiro atoms. The number of hydrogen-bond donors (Lipinski definition) is 1. The van der Waals surface area contributed by atoms with Crippen LogP contribution in [0.1, 0.15) is 18.3 Å². The van der Waals surface area contributed by atoms with Gasteiger partial charge in [-0.1, -0.05) is 11.6 Å². The summed E-state index contributed by atoms with van der Waals surface area (Å²) >= 11 is 6.08. The van der Waals surface area contributed by atoms with Gasteiger partial charge < -0.3 is 10.5 Å². The number of nitrogens with two attached hydrogens (primary N) is 1. The van der Waals surface area contributed by atoms with Crippen molar-refractivity contribution >= 4 is 11.6 Å². The molecule has 0 radical (unpaired) electrons. The Morgan fingerprint density at radius 1 is 1.47 bits per heavy atom. The molecule has 0 aliphatic heterocycles. The maximum Gasteiger partial charge on any atom is 0.411 e. The lowest BCUT2D eigenvalue weighted by Crippen LogP contribution is -2.32. The molecule has 0 saturated carbocycles. The fourth-order valence-electron chi connectivity index (χ4n) is 1.70. The van der Waals surface area contributed by atoms with E-state index in [0.29, 0.717) is 23.7 Å². The molecule has 1 heterocycles. The number of aryl methyl sites for hydroxylation is 2. The van der Waals surface area contributed by atoms with E-state index in [9.17, 15) is 13.2 Å². The molecular formula is C11H17ClF3N3O. The van der Waals surface area contributed by atoms with Crippen LogP contribution in [0.5, 0.6) is 0 Å². The van der Waals surface area contributed by atoms with Crippen LogP contribution in [0.15, 0.2) is 0 Å². The van der Waals surface area contributed by atoms with E-state index in [1.165, 1.54) is 0 Å². The maximum atomic E-state index is 11.9. The van der Waals surface area contributed by atoms with E-state index in [-0.39, 0.29) is 6.61 Å². The quantitative estimate of drug-likeness (QED) is 0.877. The average Bonchev–Trinajstić information content (AvgIpc) is 2.55. The highest BCUT2D eigenvalue weighted by atomic mass is 35.5. The third-order valence-electron chi connectivity index (χ3n) is 2.51. The normalized spacial score (nSPS) is 13.8. The first-order valence-electron chi connectivity index (χ1n) is 5.86. The van der Waals surface area contributed by atoms with Gasteiger partial charge in [0.2, 0.25) is 0 Å². The maximum absolute atomic E-state index is 11.9. The molecule has 110 valence electrons. The molecule has 0 aliphatic carbocycles. The molecule has 1 aromatic heterocycles. The Kier molecular flexibility index (Phi) is 5.64. The van der Waals surface area contributed by atoms with E-state index in [4.69, 9.17) is 17.3 Å². The van der Waals surface area contributed by atoms with Crippen molar-refractivity contribution in [3.05, 3.63) is 16.4 Å². The van der Waals surface area contributed by atoms with Crippen molar-refractivity contribution in [3.63, 3.8) is 0 Å². The van der Waals surface area contributed by atoms with E-state index >= 15 is 0 Å². The predicted molar refractivity (Wildman–Crippen MR) is 66.2 cm³/mol. The highest BCUT2D eigenvalue weighted by molar-refractivity contribution is 6.31. The molecule has 1 atom stereocenters. The van der Waals surface area contributed by atoms with Gasteiger partial charge in [-0.25, -0.2) is 0 Å². The fourth-order valence-corrected chi connectivity index (χ4v) is 1.91. The Hall–Kier alpha value is -0.790. The average molecular weight is 300 g/mol. The topological polar surface area (TPSA) is 53.1 Å². The lowest BCUT2D eigenvalue weighted by molar-refractivity contribution is -0.174. The highest BCUT2D eigenvalue weighted by Gasteiger charge is 2.27. The number of halogens is 4. The van der Waals surface area contributed by atoms with Crippen LogP contribution in [0.3, 0.4) is 0 Å². The lowest BCUT2D eigenvalue weighted by atomic mass is 10.1. The van der Waals surface area contributed by atoms with Crippen LogP contribution in [0.4, 0.5) is 13.2 Å². The summed E-state index contributed by atoms with van der Waals surface area (Å²) in [4.78, 5) is 0. The zero-order chi connectivity index (χ0) is 14.6. The summed E-state index contributed by atoms with van der Waals surface area (Å²) < 4.78 is 42.0. The van der Waals surface area contributed by atoms with Gasteiger partial charge in [-0.2, -0.15) is 18.3 Å². The van der Waals surface area contributed by atoms with E-state index in [1.807, 2.05) is 6.92 Å². The number of nitrogens with zero attached hydrogens (tertiary/aromatic N) is 2. The molecule has 1 unspecified atom stereocenters. The molecule has 2 N–H and O–H groups in total. The summed E-state index contributed by atoms with van der Waals surface area (Å²) in [6.07, 6.45) is -4.01. The van der Waals surface area contributed by atoms with Crippen molar-refractivity contribution in [2.24, 2.45) is 5.73 Å². The molecule has 0 amide bonds.